The Kier molecular flexibility index (Phi) is 9.44. The number of esters is 1. The molecule has 4 aromatic rings. The summed E-state index contributed by atoms with van der Waals surface area (Å²) in [6.45, 7) is 2.94. The molecule has 0 N–H and O–H groups in total. The monoisotopic (exact) mass is 555 g/mol. The molecule has 3 aromatic carbocycles. The van der Waals surface area contributed by atoms with Crippen LogP contribution < -0.4 is 11.2 Å². The van der Waals surface area contributed by atoms with Gasteiger partial charge in [0, 0.05) is 19.6 Å². The maximum Gasteiger partial charge on any atom is 0.332 e. The summed E-state index contributed by atoms with van der Waals surface area (Å²) in [5, 5.41) is 0.419. The minimum absolute atomic E-state index is 0.0791. The van der Waals surface area contributed by atoms with Gasteiger partial charge in [0.1, 0.15) is 12.6 Å². The molecule has 1 fully saturated rings. The largest absolute Gasteiger partial charge is 0.468 e. The SMILES string of the molecule is COC(=O)Cn1c(=O)c2ccccc2n(CCCCN2CCC(OC(c3ccccc3)c3ccccc3)CC2)c1=O. The summed E-state index contributed by atoms with van der Waals surface area (Å²) in [4.78, 5) is 40.4. The van der Waals surface area contributed by atoms with Crippen molar-refractivity contribution in [3.05, 3.63) is 117 Å². The number of unbranched alkanes of at least 4 members (excludes halogenated alkanes) is 1. The molecule has 214 valence electrons. The van der Waals surface area contributed by atoms with E-state index in [2.05, 4.69) is 53.4 Å². The van der Waals surface area contributed by atoms with Crippen molar-refractivity contribution in [3.8, 4) is 0 Å². The highest BCUT2D eigenvalue weighted by molar-refractivity contribution is 5.78. The standard InChI is InChI=1S/C33H37N3O5/c1-40-30(37)24-36-32(38)28-16-8-9-17-29(28)35(33(36)39)21-11-10-20-34-22-18-27(19-23-34)41-31(25-12-4-2-5-13-25)26-14-6-3-7-15-26/h2-9,12-17,27,31H,10-11,18-24H2,1H3. The predicted octanol–water partition coefficient (Wildman–Crippen LogP) is 4.39. The van der Waals surface area contributed by atoms with Crippen LogP contribution in [0.4, 0.5) is 0 Å². The molecule has 8 nitrogen and oxygen atoms in total. The summed E-state index contributed by atoms with van der Waals surface area (Å²) in [5.41, 5.74) is 1.97. The summed E-state index contributed by atoms with van der Waals surface area (Å²) in [5.74, 6) is -0.628. The van der Waals surface area contributed by atoms with E-state index in [0.29, 0.717) is 17.4 Å². The first-order chi connectivity index (χ1) is 20.0. The van der Waals surface area contributed by atoms with Crippen molar-refractivity contribution < 1.29 is 14.3 Å². The van der Waals surface area contributed by atoms with Crippen LogP contribution in [0.1, 0.15) is 42.9 Å². The Hall–Kier alpha value is -4.01. The van der Waals surface area contributed by atoms with Gasteiger partial charge in [-0.05, 0) is 55.5 Å². The molecule has 1 saturated heterocycles. The lowest BCUT2D eigenvalue weighted by atomic mass is 10.00. The van der Waals surface area contributed by atoms with Crippen molar-refractivity contribution in [3.63, 3.8) is 0 Å². The Morgan fingerprint density at radius 1 is 0.805 bits per heavy atom. The fraction of sp³-hybridized carbons (Fsp3) is 0.364. The number of rotatable bonds is 11. The highest BCUT2D eigenvalue weighted by Crippen LogP contribution is 2.30. The summed E-state index contributed by atoms with van der Waals surface area (Å²) in [6, 6.07) is 27.8. The second-order valence-electron chi connectivity index (χ2n) is 10.5. The van der Waals surface area contributed by atoms with E-state index >= 15 is 0 Å². The third-order valence-electron chi connectivity index (χ3n) is 7.82. The van der Waals surface area contributed by atoms with Crippen LogP contribution in [0.5, 0.6) is 0 Å². The molecule has 1 aromatic heterocycles. The van der Waals surface area contributed by atoms with Gasteiger partial charge in [0.15, 0.2) is 0 Å². The molecule has 2 heterocycles. The Bertz CT molecular complexity index is 1520. The second kappa shape index (κ2) is 13.6. The molecule has 5 rings (SSSR count). The lowest BCUT2D eigenvalue weighted by Crippen LogP contribution is -2.42. The molecule has 41 heavy (non-hydrogen) atoms. The number of hydrogen-bond donors (Lipinski definition) is 0. The van der Waals surface area contributed by atoms with E-state index in [-0.39, 0.29) is 12.2 Å². The van der Waals surface area contributed by atoms with Crippen LogP contribution >= 0.6 is 0 Å². The molecular formula is C33H37N3O5. The van der Waals surface area contributed by atoms with Gasteiger partial charge in [-0.2, -0.15) is 0 Å². The van der Waals surface area contributed by atoms with E-state index in [0.717, 1.165) is 49.9 Å². The first-order valence-corrected chi connectivity index (χ1v) is 14.3. The number of aryl methyl sites for hydroxylation is 1. The van der Waals surface area contributed by atoms with Crippen LogP contribution in [-0.2, 0) is 27.4 Å². The average Bonchev–Trinajstić information content (AvgIpc) is 3.03. The minimum Gasteiger partial charge on any atom is -0.468 e. The Morgan fingerprint density at radius 3 is 2.02 bits per heavy atom. The number of benzene rings is 3. The molecular weight excluding hydrogens is 518 g/mol. The van der Waals surface area contributed by atoms with Gasteiger partial charge >= 0.3 is 11.7 Å². The maximum atomic E-state index is 13.2. The number of hydrogen-bond acceptors (Lipinski definition) is 6. The predicted molar refractivity (Wildman–Crippen MR) is 159 cm³/mol. The fourth-order valence-corrected chi connectivity index (χ4v) is 5.59. The van der Waals surface area contributed by atoms with E-state index in [1.165, 1.54) is 18.2 Å². The summed E-state index contributed by atoms with van der Waals surface area (Å²) < 4.78 is 13.9. The van der Waals surface area contributed by atoms with Gasteiger partial charge in [-0.15, -0.1) is 0 Å². The quantitative estimate of drug-likeness (QED) is 0.202. The number of ether oxygens (including phenoxy) is 2. The van der Waals surface area contributed by atoms with Crippen molar-refractivity contribution in [1.82, 2.24) is 14.0 Å². The second-order valence-corrected chi connectivity index (χ2v) is 10.5. The number of carbonyl (C=O) groups excluding carboxylic acids is 1. The molecule has 0 amide bonds. The molecule has 0 aliphatic carbocycles. The van der Waals surface area contributed by atoms with Crippen LogP contribution in [-0.4, -0.2) is 52.9 Å². The van der Waals surface area contributed by atoms with Crippen molar-refractivity contribution in [2.24, 2.45) is 0 Å². The number of piperidine rings is 1. The normalized spacial score (nSPS) is 14.5. The smallest absolute Gasteiger partial charge is 0.332 e. The first-order valence-electron chi connectivity index (χ1n) is 14.3. The minimum atomic E-state index is -0.628. The number of methoxy groups -OCH3 is 1. The summed E-state index contributed by atoms with van der Waals surface area (Å²) in [6.07, 6.45) is 3.75. The molecule has 0 unspecified atom stereocenters. The zero-order valence-corrected chi connectivity index (χ0v) is 23.5. The van der Waals surface area contributed by atoms with Crippen molar-refractivity contribution in [2.45, 2.75) is 51.0 Å². The van der Waals surface area contributed by atoms with Crippen molar-refractivity contribution in [1.29, 1.82) is 0 Å². The third kappa shape index (κ3) is 6.84. The van der Waals surface area contributed by atoms with Gasteiger partial charge in [0.2, 0.25) is 0 Å². The number of aromatic nitrogens is 2. The molecule has 0 atom stereocenters. The van der Waals surface area contributed by atoms with E-state index in [1.807, 2.05) is 18.2 Å². The molecule has 0 saturated carbocycles. The van der Waals surface area contributed by atoms with Crippen LogP contribution in [0.2, 0.25) is 0 Å². The molecule has 8 heteroatoms. The van der Waals surface area contributed by atoms with E-state index in [9.17, 15) is 14.4 Å². The molecule has 0 spiro atoms. The maximum absolute atomic E-state index is 13.2. The van der Waals surface area contributed by atoms with Gasteiger partial charge < -0.3 is 14.4 Å². The van der Waals surface area contributed by atoms with Gasteiger partial charge in [-0.1, -0.05) is 72.8 Å². The highest BCUT2D eigenvalue weighted by atomic mass is 16.5. The van der Waals surface area contributed by atoms with Crippen LogP contribution in [0.15, 0.2) is 94.5 Å². The molecule has 1 aliphatic rings. The summed E-state index contributed by atoms with van der Waals surface area (Å²) in [7, 11) is 1.24. The van der Waals surface area contributed by atoms with Gasteiger partial charge in [-0.25, -0.2) is 9.36 Å². The van der Waals surface area contributed by atoms with E-state index in [1.54, 1.807) is 22.8 Å². The number of carbonyl (C=O) groups is 1. The van der Waals surface area contributed by atoms with Crippen molar-refractivity contribution >= 4 is 16.9 Å². The van der Waals surface area contributed by atoms with Crippen molar-refractivity contribution in [2.75, 3.05) is 26.7 Å². The number of likely N-dealkylation sites (tertiary alicyclic amines) is 1. The zero-order valence-electron chi connectivity index (χ0n) is 23.5. The lowest BCUT2D eigenvalue weighted by Gasteiger charge is -2.34. The van der Waals surface area contributed by atoms with Crippen LogP contribution in [0, 0.1) is 0 Å². The fourth-order valence-electron chi connectivity index (χ4n) is 5.59. The van der Waals surface area contributed by atoms with Gasteiger partial charge in [0.25, 0.3) is 5.56 Å². The Morgan fingerprint density at radius 2 is 1.39 bits per heavy atom. The van der Waals surface area contributed by atoms with Crippen LogP contribution in [0.3, 0.4) is 0 Å². The average molecular weight is 556 g/mol. The number of nitrogens with zero attached hydrogens (tertiary/aromatic N) is 3. The Labute approximate surface area is 239 Å². The molecule has 0 bridgehead atoms. The topological polar surface area (TPSA) is 82.8 Å². The lowest BCUT2D eigenvalue weighted by molar-refractivity contribution is -0.141. The number of para-hydroxylation sites is 1. The summed E-state index contributed by atoms with van der Waals surface area (Å²) >= 11 is 0. The van der Waals surface area contributed by atoms with Gasteiger partial charge in [0.05, 0.1) is 24.1 Å². The zero-order chi connectivity index (χ0) is 28.6. The first kappa shape index (κ1) is 28.5. The highest BCUT2D eigenvalue weighted by Gasteiger charge is 2.24. The van der Waals surface area contributed by atoms with Gasteiger partial charge in [-0.3, -0.25) is 14.2 Å². The van der Waals surface area contributed by atoms with E-state index < -0.39 is 23.8 Å². The van der Waals surface area contributed by atoms with E-state index in [4.69, 9.17) is 9.47 Å². The molecule has 0 radical (unpaired) electrons. The molecule has 1 aliphatic heterocycles. The number of fused-ring (bicyclic) bond motifs is 1. The Balaban J connectivity index is 1.16. The van der Waals surface area contributed by atoms with Crippen LogP contribution in [0.25, 0.3) is 10.9 Å². The third-order valence-corrected chi connectivity index (χ3v) is 7.82.